The fraction of sp³-hybridized carbons (Fsp3) is 0.333. The van der Waals surface area contributed by atoms with E-state index in [0.717, 1.165) is 0 Å². The lowest BCUT2D eigenvalue weighted by molar-refractivity contribution is -0.148. The van der Waals surface area contributed by atoms with Gasteiger partial charge in [0.25, 0.3) is 23.4 Å². The van der Waals surface area contributed by atoms with E-state index in [-0.39, 0.29) is 0 Å². The van der Waals surface area contributed by atoms with Crippen molar-refractivity contribution in [3.63, 3.8) is 0 Å². The van der Waals surface area contributed by atoms with E-state index in [9.17, 15) is 28.8 Å². The second kappa shape index (κ2) is 9.80. The monoisotopic (exact) mass is 314 g/mol. The normalized spacial score (nSPS) is 9.73. The summed E-state index contributed by atoms with van der Waals surface area (Å²) in [6.07, 6.45) is 1.29. The zero-order valence-corrected chi connectivity index (χ0v) is 11.8. The molecule has 0 rings (SSSR count). The number of amides is 2. The molecule has 0 heterocycles. The molecule has 22 heavy (non-hydrogen) atoms. The van der Waals surface area contributed by atoms with Crippen LogP contribution < -0.4 is 10.6 Å². The lowest BCUT2D eigenvalue weighted by atomic mass is 10.4. The van der Waals surface area contributed by atoms with Crippen LogP contribution in [0.4, 0.5) is 0 Å². The van der Waals surface area contributed by atoms with Gasteiger partial charge in [0.2, 0.25) is 0 Å². The number of rotatable bonds is 8. The number of likely N-dealkylation sites (N-methyl/N-ethyl adjacent to an activating group) is 2. The van der Waals surface area contributed by atoms with Gasteiger partial charge in [-0.05, 0) is 0 Å². The van der Waals surface area contributed by atoms with E-state index in [4.69, 9.17) is 0 Å². The number of Topliss-reactive ketones (excluding diaryl/α,β-unsaturated/α-hetero) is 2. The zero-order chi connectivity index (χ0) is 17.1. The number of nitrogens with one attached hydrogen (secondary N) is 2. The second-order valence-corrected chi connectivity index (χ2v) is 3.55. The summed E-state index contributed by atoms with van der Waals surface area (Å²) in [7, 11) is 2.47. The van der Waals surface area contributed by atoms with E-state index < -0.39 is 48.5 Å². The molecule has 0 fully saturated rings. The molecule has 0 saturated heterocycles. The highest BCUT2D eigenvalue weighted by molar-refractivity contribution is 6.37. The van der Waals surface area contributed by atoms with Crippen LogP contribution in [0.15, 0.2) is 12.2 Å². The van der Waals surface area contributed by atoms with E-state index in [1.54, 1.807) is 0 Å². The SMILES string of the molecule is CNC(=O)C(=O)COC(=O)/C=C/C(=O)OCC(=O)C(=O)NC. The van der Waals surface area contributed by atoms with Crippen LogP contribution in [0, 0.1) is 0 Å². The maximum Gasteiger partial charge on any atom is 0.331 e. The van der Waals surface area contributed by atoms with Crippen LogP contribution in [-0.4, -0.2) is 62.6 Å². The molecular formula is C12H14N2O8. The maximum absolute atomic E-state index is 11.1. The minimum absolute atomic E-state index is 0.643. The molecule has 0 aromatic heterocycles. The Kier molecular flexibility index (Phi) is 8.45. The minimum Gasteiger partial charge on any atom is -0.454 e. The van der Waals surface area contributed by atoms with E-state index in [2.05, 4.69) is 9.47 Å². The third-order valence-electron chi connectivity index (χ3n) is 2.01. The van der Waals surface area contributed by atoms with Crippen molar-refractivity contribution in [3.05, 3.63) is 12.2 Å². The van der Waals surface area contributed by atoms with Crippen LogP contribution in [0.5, 0.6) is 0 Å². The molecule has 0 saturated carbocycles. The molecule has 0 bridgehead atoms. The Bertz CT molecular complexity index is 477. The highest BCUT2D eigenvalue weighted by atomic mass is 16.5. The van der Waals surface area contributed by atoms with E-state index in [0.29, 0.717) is 12.2 Å². The van der Waals surface area contributed by atoms with Gasteiger partial charge >= 0.3 is 11.9 Å². The van der Waals surface area contributed by atoms with Gasteiger partial charge in [0.15, 0.2) is 13.2 Å². The largest absolute Gasteiger partial charge is 0.454 e. The van der Waals surface area contributed by atoms with Crippen molar-refractivity contribution in [2.45, 2.75) is 0 Å². The van der Waals surface area contributed by atoms with E-state index in [1.165, 1.54) is 14.1 Å². The molecule has 2 N–H and O–H groups in total. The third-order valence-corrected chi connectivity index (χ3v) is 2.01. The average Bonchev–Trinajstić information content (AvgIpc) is 2.53. The Balaban J connectivity index is 4.14. The Morgan fingerprint density at radius 1 is 0.727 bits per heavy atom. The van der Waals surface area contributed by atoms with Crippen LogP contribution >= 0.6 is 0 Å². The van der Waals surface area contributed by atoms with Crippen LogP contribution in [0.3, 0.4) is 0 Å². The van der Waals surface area contributed by atoms with Gasteiger partial charge in [-0.1, -0.05) is 0 Å². The molecule has 120 valence electrons. The second-order valence-electron chi connectivity index (χ2n) is 3.55. The highest BCUT2D eigenvalue weighted by Crippen LogP contribution is 1.88. The molecule has 10 heteroatoms. The quantitative estimate of drug-likeness (QED) is 0.279. The van der Waals surface area contributed by atoms with Gasteiger partial charge in [0, 0.05) is 26.2 Å². The molecule has 0 aromatic carbocycles. The lowest BCUT2D eigenvalue weighted by Crippen LogP contribution is -2.31. The standard InChI is InChI=1S/C12H14N2O8/c1-13-11(19)7(15)5-21-9(17)3-4-10(18)22-6-8(16)12(20)14-2/h3-4H,5-6H2,1-2H3,(H,13,19)(H,14,20)/b4-3+. The Morgan fingerprint density at radius 3 is 1.32 bits per heavy atom. The van der Waals surface area contributed by atoms with Crippen molar-refractivity contribution in [2.75, 3.05) is 27.3 Å². The third kappa shape index (κ3) is 7.53. The molecule has 0 aliphatic rings. The predicted octanol–water partition coefficient (Wildman–Crippen LogP) is -2.74. The first-order valence-corrected chi connectivity index (χ1v) is 5.83. The first-order valence-electron chi connectivity index (χ1n) is 5.83. The van der Waals surface area contributed by atoms with Gasteiger partial charge in [0.1, 0.15) is 0 Å². The number of ether oxygens (including phenoxy) is 2. The molecule has 2 amide bonds. The van der Waals surface area contributed by atoms with Crippen molar-refractivity contribution in [1.82, 2.24) is 10.6 Å². The smallest absolute Gasteiger partial charge is 0.331 e. The number of hydrogen-bond acceptors (Lipinski definition) is 8. The van der Waals surface area contributed by atoms with Gasteiger partial charge in [-0.3, -0.25) is 19.2 Å². The van der Waals surface area contributed by atoms with Gasteiger partial charge in [-0.2, -0.15) is 0 Å². The predicted molar refractivity (Wildman–Crippen MR) is 69.2 cm³/mol. The van der Waals surface area contributed by atoms with Gasteiger partial charge in [-0.25, -0.2) is 9.59 Å². The minimum atomic E-state index is -1.06. The number of ketones is 2. The Morgan fingerprint density at radius 2 is 1.05 bits per heavy atom. The maximum atomic E-state index is 11.1. The fourth-order valence-electron chi connectivity index (χ4n) is 0.916. The molecule has 0 unspecified atom stereocenters. The summed E-state index contributed by atoms with van der Waals surface area (Å²) >= 11 is 0. The summed E-state index contributed by atoms with van der Waals surface area (Å²) in [6.45, 7) is -1.57. The van der Waals surface area contributed by atoms with Crippen LogP contribution in [-0.2, 0) is 38.2 Å². The van der Waals surface area contributed by atoms with Crippen molar-refractivity contribution >= 4 is 35.3 Å². The number of carbonyl (C=O) groups excluding carboxylic acids is 6. The van der Waals surface area contributed by atoms with Crippen LogP contribution in [0.1, 0.15) is 0 Å². The van der Waals surface area contributed by atoms with Crippen LogP contribution in [0.2, 0.25) is 0 Å². The topological polar surface area (TPSA) is 145 Å². The molecule has 0 aliphatic heterocycles. The molecule has 0 aromatic rings. The van der Waals surface area contributed by atoms with E-state index >= 15 is 0 Å². The number of carbonyl (C=O) groups is 6. The number of esters is 2. The van der Waals surface area contributed by atoms with Crippen molar-refractivity contribution < 1.29 is 38.2 Å². The molecule has 0 atom stereocenters. The van der Waals surface area contributed by atoms with Crippen molar-refractivity contribution in [2.24, 2.45) is 0 Å². The summed E-state index contributed by atoms with van der Waals surface area (Å²) in [5.74, 6) is -5.92. The zero-order valence-electron chi connectivity index (χ0n) is 11.8. The number of hydrogen-bond donors (Lipinski definition) is 2. The Hall–Kier alpha value is -3.04. The molecule has 0 aliphatic carbocycles. The van der Waals surface area contributed by atoms with Gasteiger partial charge in [0.05, 0.1) is 0 Å². The summed E-state index contributed by atoms with van der Waals surface area (Å²) in [5.41, 5.74) is 0. The van der Waals surface area contributed by atoms with Crippen LogP contribution in [0.25, 0.3) is 0 Å². The lowest BCUT2D eigenvalue weighted by Gasteiger charge is -2.01. The van der Waals surface area contributed by atoms with E-state index in [1.807, 2.05) is 10.6 Å². The highest BCUT2D eigenvalue weighted by Gasteiger charge is 2.14. The molecule has 10 nitrogen and oxygen atoms in total. The first-order chi connectivity index (χ1) is 10.3. The van der Waals surface area contributed by atoms with Gasteiger partial charge in [-0.15, -0.1) is 0 Å². The summed E-state index contributed by atoms with van der Waals surface area (Å²) in [4.78, 5) is 65.9. The molecule has 0 spiro atoms. The fourth-order valence-corrected chi connectivity index (χ4v) is 0.916. The van der Waals surface area contributed by atoms with Gasteiger partial charge < -0.3 is 20.1 Å². The summed E-state index contributed by atoms with van der Waals surface area (Å²) in [5, 5.41) is 4.09. The summed E-state index contributed by atoms with van der Waals surface area (Å²) in [6, 6.07) is 0. The Labute approximate surface area is 124 Å². The first kappa shape index (κ1) is 19.0. The van der Waals surface area contributed by atoms with Crippen molar-refractivity contribution in [1.29, 1.82) is 0 Å². The average molecular weight is 314 g/mol. The molecular weight excluding hydrogens is 300 g/mol. The van der Waals surface area contributed by atoms with Crippen molar-refractivity contribution in [3.8, 4) is 0 Å². The molecule has 0 radical (unpaired) electrons. The summed E-state index contributed by atoms with van der Waals surface area (Å²) < 4.78 is 8.77.